The normalized spacial score (nSPS) is 13.4. The lowest BCUT2D eigenvalue weighted by Gasteiger charge is -2.18. The molecule has 2 N–H and O–H groups in total. The third-order valence-electron chi connectivity index (χ3n) is 3.15. The van der Waals surface area contributed by atoms with Crippen LogP contribution in [0.1, 0.15) is 36.9 Å². The maximum Gasteiger partial charge on any atom is 0.222 e. The molecule has 2 rings (SSSR count). The standard InChI is InChI=1S/C16H20N2O3S/c1-11(9-13-5-3-7-21-13)17-16(20)10-14(18-12(2)19)15-6-4-8-22-15/h3-8,11,14H,9-10H2,1-2H3,(H,17,20)(H,18,19). The van der Waals surface area contributed by atoms with E-state index in [0.29, 0.717) is 6.42 Å². The summed E-state index contributed by atoms with van der Waals surface area (Å²) in [6, 6.07) is 7.23. The molecule has 0 aliphatic rings. The molecule has 5 nitrogen and oxygen atoms in total. The van der Waals surface area contributed by atoms with Gasteiger partial charge in [0.1, 0.15) is 5.76 Å². The Labute approximate surface area is 133 Å². The molecule has 0 saturated carbocycles. The highest BCUT2D eigenvalue weighted by Crippen LogP contribution is 2.22. The van der Waals surface area contributed by atoms with Crippen LogP contribution < -0.4 is 10.6 Å². The molecule has 2 aromatic rings. The van der Waals surface area contributed by atoms with E-state index < -0.39 is 0 Å². The van der Waals surface area contributed by atoms with Gasteiger partial charge in [-0.15, -0.1) is 11.3 Å². The molecule has 2 aromatic heterocycles. The monoisotopic (exact) mass is 320 g/mol. The van der Waals surface area contributed by atoms with Crippen LogP contribution in [-0.2, 0) is 16.0 Å². The number of hydrogen-bond donors (Lipinski definition) is 2. The minimum atomic E-state index is -0.284. The smallest absolute Gasteiger partial charge is 0.222 e. The van der Waals surface area contributed by atoms with Crippen molar-refractivity contribution in [1.82, 2.24) is 10.6 Å². The molecular weight excluding hydrogens is 300 g/mol. The third-order valence-corrected chi connectivity index (χ3v) is 4.13. The Balaban J connectivity index is 1.89. The Hall–Kier alpha value is -2.08. The van der Waals surface area contributed by atoms with E-state index in [2.05, 4.69) is 10.6 Å². The molecule has 0 fully saturated rings. The van der Waals surface area contributed by atoms with Crippen molar-refractivity contribution in [3.8, 4) is 0 Å². The van der Waals surface area contributed by atoms with E-state index in [9.17, 15) is 9.59 Å². The van der Waals surface area contributed by atoms with Crippen LogP contribution in [-0.4, -0.2) is 17.9 Å². The van der Waals surface area contributed by atoms with Gasteiger partial charge in [0.05, 0.1) is 18.7 Å². The lowest BCUT2D eigenvalue weighted by Crippen LogP contribution is -2.37. The predicted octanol–water partition coefficient (Wildman–Crippen LogP) is 2.66. The zero-order valence-electron chi connectivity index (χ0n) is 12.7. The molecule has 0 aromatic carbocycles. The van der Waals surface area contributed by atoms with Crippen molar-refractivity contribution in [2.75, 3.05) is 0 Å². The number of furan rings is 1. The zero-order valence-corrected chi connectivity index (χ0v) is 13.5. The molecule has 0 radical (unpaired) electrons. The second-order valence-corrected chi connectivity index (χ2v) is 6.20. The van der Waals surface area contributed by atoms with Crippen molar-refractivity contribution < 1.29 is 14.0 Å². The van der Waals surface area contributed by atoms with E-state index in [0.717, 1.165) is 10.6 Å². The van der Waals surface area contributed by atoms with Crippen LogP contribution in [0.15, 0.2) is 40.3 Å². The van der Waals surface area contributed by atoms with Crippen molar-refractivity contribution in [3.63, 3.8) is 0 Å². The summed E-state index contributed by atoms with van der Waals surface area (Å²) in [6.07, 6.45) is 2.48. The van der Waals surface area contributed by atoms with Crippen LogP contribution in [0.2, 0.25) is 0 Å². The van der Waals surface area contributed by atoms with Gasteiger partial charge in [0.15, 0.2) is 0 Å². The van der Waals surface area contributed by atoms with Crippen LogP contribution in [0.5, 0.6) is 0 Å². The molecule has 0 aliphatic heterocycles. The highest BCUT2D eigenvalue weighted by Gasteiger charge is 2.19. The number of rotatable bonds is 7. The summed E-state index contributed by atoms with van der Waals surface area (Å²) in [7, 11) is 0. The van der Waals surface area contributed by atoms with Gasteiger partial charge in [-0.3, -0.25) is 9.59 Å². The van der Waals surface area contributed by atoms with E-state index in [1.54, 1.807) is 6.26 Å². The van der Waals surface area contributed by atoms with Gasteiger partial charge in [-0.05, 0) is 30.5 Å². The Morgan fingerprint density at radius 1 is 1.27 bits per heavy atom. The molecule has 0 saturated heterocycles. The molecule has 6 heteroatoms. The van der Waals surface area contributed by atoms with Gasteiger partial charge in [-0.1, -0.05) is 6.07 Å². The lowest BCUT2D eigenvalue weighted by atomic mass is 10.1. The quantitative estimate of drug-likeness (QED) is 0.824. The fraction of sp³-hybridized carbons (Fsp3) is 0.375. The Morgan fingerprint density at radius 3 is 2.68 bits per heavy atom. The fourth-order valence-electron chi connectivity index (χ4n) is 2.26. The van der Waals surface area contributed by atoms with Crippen molar-refractivity contribution in [3.05, 3.63) is 46.5 Å². The molecular formula is C16H20N2O3S. The Bertz CT molecular complexity index is 593. The molecule has 0 bridgehead atoms. The number of thiophene rings is 1. The number of carbonyl (C=O) groups is 2. The number of amides is 2. The molecule has 2 unspecified atom stereocenters. The highest BCUT2D eigenvalue weighted by atomic mass is 32.1. The van der Waals surface area contributed by atoms with Crippen molar-refractivity contribution in [2.24, 2.45) is 0 Å². The van der Waals surface area contributed by atoms with Crippen LogP contribution in [0.4, 0.5) is 0 Å². The largest absolute Gasteiger partial charge is 0.469 e. The highest BCUT2D eigenvalue weighted by molar-refractivity contribution is 7.10. The topological polar surface area (TPSA) is 71.3 Å². The van der Waals surface area contributed by atoms with E-state index >= 15 is 0 Å². The number of nitrogens with one attached hydrogen (secondary N) is 2. The molecule has 0 spiro atoms. The van der Waals surface area contributed by atoms with Crippen LogP contribution >= 0.6 is 11.3 Å². The molecule has 22 heavy (non-hydrogen) atoms. The number of hydrogen-bond acceptors (Lipinski definition) is 4. The Kier molecular flexibility index (Phi) is 5.77. The molecule has 118 valence electrons. The SMILES string of the molecule is CC(=O)NC(CC(=O)NC(C)Cc1ccco1)c1cccs1. The van der Waals surface area contributed by atoms with Gasteiger partial charge in [-0.2, -0.15) is 0 Å². The third kappa shape index (κ3) is 5.04. The van der Waals surface area contributed by atoms with Gasteiger partial charge in [0.25, 0.3) is 0 Å². The van der Waals surface area contributed by atoms with Gasteiger partial charge >= 0.3 is 0 Å². The maximum absolute atomic E-state index is 12.2. The van der Waals surface area contributed by atoms with Crippen molar-refractivity contribution in [1.29, 1.82) is 0 Å². The molecule has 2 atom stereocenters. The van der Waals surface area contributed by atoms with Gasteiger partial charge in [0, 0.05) is 24.3 Å². The summed E-state index contributed by atoms with van der Waals surface area (Å²) in [5, 5.41) is 7.69. The average molecular weight is 320 g/mol. The summed E-state index contributed by atoms with van der Waals surface area (Å²) in [5.41, 5.74) is 0. The van der Waals surface area contributed by atoms with E-state index in [4.69, 9.17) is 4.42 Å². The van der Waals surface area contributed by atoms with Crippen LogP contribution in [0.25, 0.3) is 0 Å². The molecule has 2 heterocycles. The lowest BCUT2D eigenvalue weighted by molar-refractivity contribution is -0.123. The maximum atomic E-state index is 12.2. The van der Waals surface area contributed by atoms with Crippen molar-refractivity contribution >= 4 is 23.2 Å². The van der Waals surface area contributed by atoms with Gasteiger partial charge < -0.3 is 15.1 Å². The Morgan fingerprint density at radius 2 is 2.09 bits per heavy atom. The van der Waals surface area contributed by atoms with Crippen LogP contribution in [0.3, 0.4) is 0 Å². The zero-order chi connectivity index (χ0) is 15.9. The molecule has 0 aliphatic carbocycles. The summed E-state index contributed by atoms with van der Waals surface area (Å²) in [6.45, 7) is 3.39. The van der Waals surface area contributed by atoms with Gasteiger partial charge in [-0.25, -0.2) is 0 Å². The average Bonchev–Trinajstić information content (AvgIpc) is 3.09. The minimum absolute atomic E-state index is 0.0278. The predicted molar refractivity (Wildman–Crippen MR) is 85.5 cm³/mol. The summed E-state index contributed by atoms with van der Waals surface area (Å²) in [5.74, 6) is 0.602. The fourth-order valence-corrected chi connectivity index (χ4v) is 3.04. The second-order valence-electron chi connectivity index (χ2n) is 5.22. The summed E-state index contributed by atoms with van der Waals surface area (Å²) >= 11 is 1.53. The van der Waals surface area contributed by atoms with Crippen LogP contribution in [0, 0.1) is 0 Å². The summed E-state index contributed by atoms with van der Waals surface area (Å²) in [4.78, 5) is 24.5. The van der Waals surface area contributed by atoms with E-state index in [-0.39, 0.29) is 30.3 Å². The second kappa shape index (κ2) is 7.79. The first-order chi connectivity index (χ1) is 10.5. The van der Waals surface area contributed by atoms with E-state index in [1.807, 2.05) is 36.6 Å². The minimum Gasteiger partial charge on any atom is -0.469 e. The molecule has 2 amide bonds. The first kappa shape index (κ1) is 16.3. The van der Waals surface area contributed by atoms with Gasteiger partial charge in [0.2, 0.25) is 11.8 Å². The summed E-state index contributed by atoms with van der Waals surface area (Å²) < 4.78 is 5.27. The first-order valence-electron chi connectivity index (χ1n) is 7.17. The number of carbonyl (C=O) groups excluding carboxylic acids is 2. The first-order valence-corrected chi connectivity index (χ1v) is 8.05. The van der Waals surface area contributed by atoms with Crippen molar-refractivity contribution in [2.45, 2.75) is 38.8 Å². The van der Waals surface area contributed by atoms with E-state index in [1.165, 1.54) is 18.3 Å².